The van der Waals surface area contributed by atoms with Crippen molar-refractivity contribution < 1.29 is 4.79 Å². The van der Waals surface area contributed by atoms with Crippen molar-refractivity contribution in [1.82, 2.24) is 0 Å². The van der Waals surface area contributed by atoms with Gasteiger partial charge in [0.2, 0.25) is 5.91 Å². The van der Waals surface area contributed by atoms with Gasteiger partial charge in [-0.3, -0.25) is 4.79 Å². The fourth-order valence-corrected chi connectivity index (χ4v) is 2.60. The van der Waals surface area contributed by atoms with Gasteiger partial charge in [-0.15, -0.1) is 0 Å². The number of amides is 1. The maximum Gasteiger partial charge on any atom is 0.221 e. The van der Waals surface area contributed by atoms with Gasteiger partial charge in [-0.1, -0.05) is 33.1 Å². The monoisotopic (exact) mass is 183 g/mol. The van der Waals surface area contributed by atoms with Crippen LogP contribution in [0.2, 0.25) is 0 Å². The molecule has 2 nitrogen and oxygen atoms in total. The van der Waals surface area contributed by atoms with Crippen molar-refractivity contribution in [2.75, 3.05) is 0 Å². The third-order valence-corrected chi connectivity index (χ3v) is 3.20. The highest BCUT2D eigenvalue weighted by molar-refractivity contribution is 5.77. The Balaban J connectivity index is 2.57. The van der Waals surface area contributed by atoms with E-state index in [1.807, 2.05) is 0 Å². The highest BCUT2D eigenvalue weighted by Gasteiger charge is 2.29. The van der Waals surface area contributed by atoms with Crippen molar-refractivity contribution in [3.05, 3.63) is 0 Å². The predicted octanol–water partition coefficient (Wildman–Crippen LogP) is 2.32. The van der Waals surface area contributed by atoms with Crippen molar-refractivity contribution >= 4 is 5.91 Å². The molecule has 1 fully saturated rings. The van der Waals surface area contributed by atoms with E-state index in [1.165, 1.54) is 32.1 Å². The Hall–Kier alpha value is -0.530. The molecule has 1 amide bonds. The topological polar surface area (TPSA) is 43.1 Å². The van der Waals surface area contributed by atoms with Gasteiger partial charge in [0.1, 0.15) is 0 Å². The summed E-state index contributed by atoms with van der Waals surface area (Å²) in [5.74, 6) is 0.981. The molecule has 0 aromatic rings. The first kappa shape index (κ1) is 10.6. The molecule has 1 aliphatic rings. The highest BCUT2D eigenvalue weighted by Crippen LogP contribution is 2.33. The summed E-state index contributed by atoms with van der Waals surface area (Å²) in [7, 11) is 0. The van der Waals surface area contributed by atoms with Crippen LogP contribution in [0.15, 0.2) is 0 Å². The van der Waals surface area contributed by atoms with Gasteiger partial charge >= 0.3 is 0 Å². The first-order chi connectivity index (χ1) is 6.13. The summed E-state index contributed by atoms with van der Waals surface area (Å²) in [6.07, 6.45) is 6.29. The van der Waals surface area contributed by atoms with E-state index < -0.39 is 0 Å². The molecule has 0 radical (unpaired) electrons. The average Bonchev–Trinajstić information content (AvgIpc) is 2.04. The van der Waals surface area contributed by atoms with E-state index in [4.69, 9.17) is 5.73 Å². The Bertz CT molecular complexity index is 171. The summed E-state index contributed by atoms with van der Waals surface area (Å²) >= 11 is 0. The zero-order valence-corrected chi connectivity index (χ0v) is 8.75. The molecule has 2 heteroatoms. The molecule has 1 rings (SSSR count). The summed E-state index contributed by atoms with van der Waals surface area (Å²) in [6.45, 7) is 4.20. The van der Waals surface area contributed by atoms with Crippen molar-refractivity contribution in [2.45, 2.75) is 46.0 Å². The number of rotatable bonds is 3. The van der Waals surface area contributed by atoms with Crippen LogP contribution in [0.25, 0.3) is 0 Å². The molecule has 0 bridgehead atoms. The lowest BCUT2D eigenvalue weighted by Crippen LogP contribution is -2.34. The molecule has 1 atom stereocenters. The molecular weight excluding hydrogens is 162 g/mol. The van der Waals surface area contributed by atoms with Gasteiger partial charge in [-0.05, 0) is 24.7 Å². The van der Waals surface area contributed by atoms with Gasteiger partial charge < -0.3 is 5.73 Å². The fourth-order valence-electron chi connectivity index (χ4n) is 2.60. The molecule has 2 N–H and O–H groups in total. The minimum Gasteiger partial charge on any atom is -0.369 e. The number of carbonyl (C=O) groups is 1. The van der Waals surface area contributed by atoms with E-state index >= 15 is 0 Å². The summed E-state index contributed by atoms with van der Waals surface area (Å²) in [6, 6.07) is 0. The maximum absolute atomic E-state index is 11.3. The second-order valence-electron chi connectivity index (χ2n) is 4.57. The van der Waals surface area contributed by atoms with Crippen molar-refractivity contribution in [3.63, 3.8) is 0 Å². The lowest BCUT2D eigenvalue weighted by molar-refractivity contribution is -0.125. The smallest absolute Gasteiger partial charge is 0.221 e. The molecule has 0 saturated heterocycles. The number of hydrogen-bond acceptors (Lipinski definition) is 1. The highest BCUT2D eigenvalue weighted by atomic mass is 16.1. The van der Waals surface area contributed by atoms with Crippen molar-refractivity contribution in [3.8, 4) is 0 Å². The summed E-state index contributed by atoms with van der Waals surface area (Å²) in [5.41, 5.74) is 5.43. The molecule has 0 heterocycles. The largest absolute Gasteiger partial charge is 0.369 e. The van der Waals surface area contributed by atoms with Gasteiger partial charge in [0.25, 0.3) is 0 Å². The predicted molar refractivity (Wildman–Crippen MR) is 54.1 cm³/mol. The molecule has 0 aromatic carbocycles. The fraction of sp³-hybridized carbons (Fsp3) is 0.909. The van der Waals surface area contributed by atoms with Gasteiger partial charge in [0.05, 0.1) is 0 Å². The van der Waals surface area contributed by atoms with E-state index in [0.29, 0.717) is 11.8 Å². The van der Waals surface area contributed by atoms with Crippen LogP contribution >= 0.6 is 0 Å². The number of hydrogen-bond donors (Lipinski definition) is 1. The lowest BCUT2D eigenvalue weighted by atomic mass is 9.75. The van der Waals surface area contributed by atoms with E-state index in [-0.39, 0.29) is 11.8 Å². The minimum atomic E-state index is -0.0955. The summed E-state index contributed by atoms with van der Waals surface area (Å²) in [5, 5.41) is 0. The first-order valence-corrected chi connectivity index (χ1v) is 5.42. The molecular formula is C11H21NO. The minimum absolute atomic E-state index is 0.0955. The SMILES string of the molecule is CC(C)[C@H](C(N)=O)C1CCCCC1. The summed E-state index contributed by atoms with van der Waals surface area (Å²) < 4.78 is 0. The lowest BCUT2D eigenvalue weighted by Gasteiger charge is -2.30. The zero-order chi connectivity index (χ0) is 9.84. The van der Waals surface area contributed by atoms with Gasteiger partial charge in [0, 0.05) is 5.92 Å². The molecule has 0 aromatic heterocycles. The standard InChI is InChI=1S/C11H21NO/c1-8(2)10(11(12)13)9-6-4-3-5-7-9/h8-10H,3-7H2,1-2H3,(H2,12,13)/t10-/m0/s1. The Morgan fingerprint density at radius 2 is 1.77 bits per heavy atom. The third-order valence-electron chi connectivity index (χ3n) is 3.20. The van der Waals surface area contributed by atoms with E-state index in [0.717, 1.165) is 0 Å². The molecule has 0 unspecified atom stereocenters. The third kappa shape index (κ3) is 2.71. The Labute approximate surface area is 80.9 Å². The second kappa shape index (κ2) is 4.64. The molecule has 76 valence electrons. The average molecular weight is 183 g/mol. The van der Waals surface area contributed by atoms with Gasteiger partial charge in [-0.2, -0.15) is 0 Å². The van der Waals surface area contributed by atoms with Crippen LogP contribution in [0.4, 0.5) is 0 Å². The Morgan fingerprint density at radius 3 is 2.15 bits per heavy atom. The quantitative estimate of drug-likeness (QED) is 0.717. The first-order valence-electron chi connectivity index (χ1n) is 5.42. The van der Waals surface area contributed by atoms with Crippen LogP contribution < -0.4 is 5.73 Å². The van der Waals surface area contributed by atoms with Crippen molar-refractivity contribution in [1.29, 1.82) is 0 Å². The van der Waals surface area contributed by atoms with Crippen LogP contribution in [-0.2, 0) is 4.79 Å². The molecule has 1 saturated carbocycles. The van der Waals surface area contributed by atoms with E-state index in [9.17, 15) is 4.79 Å². The van der Waals surface area contributed by atoms with Crippen molar-refractivity contribution in [2.24, 2.45) is 23.5 Å². The van der Waals surface area contributed by atoms with E-state index in [1.54, 1.807) is 0 Å². The van der Waals surface area contributed by atoms with Crippen LogP contribution in [0, 0.1) is 17.8 Å². The molecule has 0 aliphatic heterocycles. The Kier molecular flexibility index (Phi) is 3.76. The number of carbonyl (C=O) groups excluding carboxylic acids is 1. The summed E-state index contributed by atoms with van der Waals surface area (Å²) in [4.78, 5) is 11.3. The van der Waals surface area contributed by atoms with Crippen LogP contribution in [0.1, 0.15) is 46.0 Å². The van der Waals surface area contributed by atoms with Crippen LogP contribution in [0.5, 0.6) is 0 Å². The van der Waals surface area contributed by atoms with Crippen LogP contribution in [0.3, 0.4) is 0 Å². The molecule has 13 heavy (non-hydrogen) atoms. The molecule has 1 aliphatic carbocycles. The normalized spacial score (nSPS) is 21.8. The molecule has 0 spiro atoms. The zero-order valence-electron chi connectivity index (χ0n) is 8.75. The van der Waals surface area contributed by atoms with Gasteiger partial charge in [0.15, 0.2) is 0 Å². The maximum atomic E-state index is 11.3. The Morgan fingerprint density at radius 1 is 1.23 bits per heavy atom. The second-order valence-corrected chi connectivity index (χ2v) is 4.57. The van der Waals surface area contributed by atoms with E-state index in [2.05, 4.69) is 13.8 Å². The van der Waals surface area contributed by atoms with Gasteiger partial charge in [-0.25, -0.2) is 0 Å². The number of primary amides is 1. The number of nitrogens with two attached hydrogens (primary N) is 1. The van der Waals surface area contributed by atoms with Crippen LogP contribution in [-0.4, -0.2) is 5.91 Å².